The summed E-state index contributed by atoms with van der Waals surface area (Å²) >= 11 is 0. The number of methoxy groups -OCH3 is 1. The van der Waals surface area contributed by atoms with Gasteiger partial charge in [-0.2, -0.15) is 0 Å². The van der Waals surface area contributed by atoms with Gasteiger partial charge in [0.25, 0.3) is 0 Å². The Morgan fingerprint density at radius 2 is 1.85 bits per heavy atom. The van der Waals surface area contributed by atoms with Gasteiger partial charge in [0.15, 0.2) is 0 Å². The smallest absolute Gasteiger partial charge is 0.407 e. The zero-order valence-corrected chi connectivity index (χ0v) is 25.0. The van der Waals surface area contributed by atoms with Crippen molar-refractivity contribution in [1.29, 1.82) is 0 Å². The molecule has 4 rings (SSSR count). The first-order chi connectivity index (χ1) is 18.7. The van der Waals surface area contributed by atoms with Crippen LogP contribution in [0.2, 0.25) is 0 Å². The lowest BCUT2D eigenvalue weighted by Crippen LogP contribution is -2.42. The molecule has 2 aliphatic rings. The maximum atomic E-state index is 13.1. The Labute approximate surface area is 236 Å². The molecule has 0 unspecified atom stereocenters. The Morgan fingerprint density at radius 3 is 2.50 bits per heavy atom. The summed E-state index contributed by atoms with van der Waals surface area (Å²) in [6.07, 6.45) is 4.22. The lowest BCUT2D eigenvalue weighted by molar-refractivity contribution is 0.0471. The van der Waals surface area contributed by atoms with Crippen molar-refractivity contribution in [1.82, 2.24) is 15.3 Å². The number of sulfonamides is 1. The van der Waals surface area contributed by atoms with Crippen LogP contribution in [-0.2, 0) is 31.3 Å². The molecule has 0 atom stereocenters. The normalized spacial score (nSPS) is 20.1. The van der Waals surface area contributed by atoms with E-state index in [1.54, 1.807) is 6.07 Å². The number of hydrogen-bond acceptors (Lipinski definition) is 9. The van der Waals surface area contributed by atoms with Crippen molar-refractivity contribution in [3.63, 3.8) is 0 Å². The second-order valence-electron chi connectivity index (χ2n) is 12.2. The van der Waals surface area contributed by atoms with Gasteiger partial charge >= 0.3 is 6.09 Å². The zero-order chi connectivity index (χ0) is 29.3. The Kier molecular flexibility index (Phi) is 8.51. The number of nitrogens with zero attached hydrogens (tertiary/aromatic N) is 2. The zero-order valence-electron chi connectivity index (χ0n) is 24.2. The molecule has 1 fully saturated rings. The van der Waals surface area contributed by atoms with Crippen LogP contribution < -0.4 is 20.5 Å². The fourth-order valence-corrected chi connectivity index (χ4v) is 6.44. The molecule has 1 amide bonds. The molecule has 0 bridgehead atoms. The molecular weight excluding hydrogens is 534 g/mol. The van der Waals surface area contributed by atoms with Gasteiger partial charge in [-0.05, 0) is 76.0 Å². The number of benzene rings is 1. The van der Waals surface area contributed by atoms with Crippen LogP contribution >= 0.6 is 0 Å². The van der Waals surface area contributed by atoms with Gasteiger partial charge in [-0.25, -0.2) is 23.2 Å². The highest BCUT2D eigenvalue weighted by Gasteiger charge is 2.37. The number of anilines is 2. The van der Waals surface area contributed by atoms with Crippen LogP contribution in [0.4, 0.5) is 16.3 Å². The predicted octanol–water partition coefficient (Wildman–Crippen LogP) is 4.16. The molecular formula is C28H41N5O6S. The van der Waals surface area contributed by atoms with Gasteiger partial charge in [-0.3, -0.25) is 4.72 Å². The van der Waals surface area contributed by atoms with E-state index in [-0.39, 0.29) is 24.5 Å². The van der Waals surface area contributed by atoms with Gasteiger partial charge in [-0.15, -0.1) is 0 Å². The van der Waals surface area contributed by atoms with Gasteiger partial charge in [-0.1, -0.05) is 13.8 Å². The number of nitrogens with two attached hydrogens (primary N) is 1. The van der Waals surface area contributed by atoms with Crippen LogP contribution in [0.25, 0.3) is 11.3 Å². The first-order valence-corrected chi connectivity index (χ1v) is 15.3. The van der Waals surface area contributed by atoms with Crippen molar-refractivity contribution in [3.8, 4) is 17.0 Å². The highest BCUT2D eigenvalue weighted by atomic mass is 32.2. The molecule has 1 aromatic heterocycles. The minimum Gasteiger partial charge on any atom is -0.488 e. The first-order valence-electron chi connectivity index (χ1n) is 13.6. The summed E-state index contributed by atoms with van der Waals surface area (Å²) in [5.74, 6) is 0.688. The number of hydrogen-bond donors (Lipinski definition) is 3. The van der Waals surface area contributed by atoms with Crippen molar-refractivity contribution in [2.45, 2.75) is 89.9 Å². The Hall–Kier alpha value is -3.12. The highest BCUT2D eigenvalue weighted by molar-refractivity contribution is 7.92. The summed E-state index contributed by atoms with van der Waals surface area (Å²) in [5, 5.41) is 2.94. The van der Waals surface area contributed by atoms with E-state index in [0.29, 0.717) is 42.2 Å². The second kappa shape index (κ2) is 11.4. The molecule has 2 aliphatic carbocycles. The summed E-state index contributed by atoms with van der Waals surface area (Å²) in [5.41, 5.74) is 8.81. The van der Waals surface area contributed by atoms with Crippen molar-refractivity contribution in [2.24, 2.45) is 0 Å². The highest BCUT2D eigenvalue weighted by Crippen LogP contribution is 2.49. The van der Waals surface area contributed by atoms with E-state index in [1.165, 1.54) is 13.4 Å². The molecule has 1 aromatic carbocycles. The SMILES string of the molecule is COCCS(=O)(=O)Nc1c(OC2CCC(NC(=O)OC(C)(C)C)CC2)ccc2c1CC(C)(C)c1c(N)ncnc1-2. The Morgan fingerprint density at radius 1 is 1.15 bits per heavy atom. The first kappa shape index (κ1) is 29.9. The number of alkyl carbamates (subject to hydrolysis) is 1. The number of nitrogens with one attached hydrogen (secondary N) is 2. The molecule has 11 nitrogen and oxygen atoms in total. The van der Waals surface area contributed by atoms with Crippen LogP contribution in [-0.4, -0.2) is 61.7 Å². The fourth-order valence-electron chi connectivity index (χ4n) is 5.42. The van der Waals surface area contributed by atoms with E-state index in [4.69, 9.17) is 19.9 Å². The lowest BCUT2D eigenvalue weighted by Gasteiger charge is -2.36. The second-order valence-corrected chi connectivity index (χ2v) is 14.0. The standard InChI is InChI=1S/C28H41N5O6S/c1-27(2,3)39-26(34)32-17-7-9-18(10-8-17)38-21-12-11-19-20(23(21)33-40(35,36)14-13-37-6)15-28(4,5)22-24(19)30-16-31-25(22)29/h11-12,16-18,33H,7-10,13-15H2,1-6H3,(H,32,34)(H2,29,30,31). The molecule has 220 valence electrons. The van der Waals surface area contributed by atoms with E-state index in [2.05, 4.69) is 20.0 Å². The molecule has 1 heterocycles. The number of carbonyl (C=O) groups is 1. The van der Waals surface area contributed by atoms with Crippen LogP contribution in [0.5, 0.6) is 5.75 Å². The number of fused-ring (bicyclic) bond motifs is 3. The van der Waals surface area contributed by atoms with Crippen LogP contribution in [0.1, 0.15) is 71.4 Å². The lowest BCUT2D eigenvalue weighted by atomic mass is 9.71. The van der Waals surface area contributed by atoms with Crippen LogP contribution in [0.15, 0.2) is 18.5 Å². The van der Waals surface area contributed by atoms with Crippen LogP contribution in [0.3, 0.4) is 0 Å². The van der Waals surface area contributed by atoms with Crippen molar-refractivity contribution in [2.75, 3.05) is 29.9 Å². The number of aromatic nitrogens is 2. The maximum Gasteiger partial charge on any atom is 0.407 e. The molecule has 0 saturated heterocycles. The van der Waals surface area contributed by atoms with Crippen molar-refractivity contribution < 1.29 is 27.4 Å². The summed E-state index contributed by atoms with van der Waals surface area (Å²) < 4.78 is 45.8. The minimum absolute atomic E-state index is 0.00677. The van der Waals surface area contributed by atoms with Gasteiger partial charge < -0.3 is 25.3 Å². The van der Waals surface area contributed by atoms with E-state index in [0.717, 1.165) is 29.5 Å². The third-order valence-corrected chi connectivity index (χ3v) is 8.42. The summed E-state index contributed by atoms with van der Waals surface area (Å²) in [6.45, 7) is 9.65. The van der Waals surface area contributed by atoms with E-state index in [1.807, 2.05) is 40.7 Å². The number of rotatable bonds is 8. The molecule has 2 aromatic rings. The van der Waals surface area contributed by atoms with Crippen molar-refractivity contribution in [3.05, 3.63) is 29.6 Å². The summed E-state index contributed by atoms with van der Waals surface area (Å²) in [4.78, 5) is 20.9. The molecule has 12 heteroatoms. The number of nitrogen functional groups attached to an aromatic ring is 1. The average Bonchev–Trinajstić information content (AvgIpc) is 2.84. The van der Waals surface area contributed by atoms with Gasteiger partial charge in [0.2, 0.25) is 10.0 Å². The van der Waals surface area contributed by atoms with Gasteiger partial charge in [0.05, 0.1) is 29.8 Å². The number of ether oxygens (including phenoxy) is 3. The van der Waals surface area contributed by atoms with E-state index >= 15 is 0 Å². The fraction of sp³-hybridized carbons (Fsp3) is 0.607. The summed E-state index contributed by atoms with van der Waals surface area (Å²) in [7, 11) is -2.26. The Balaban J connectivity index is 1.61. The predicted molar refractivity (Wildman–Crippen MR) is 154 cm³/mol. The molecule has 0 spiro atoms. The minimum atomic E-state index is -3.73. The topological polar surface area (TPSA) is 155 Å². The largest absolute Gasteiger partial charge is 0.488 e. The molecule has 4 N–H and O–H groups in total. The molecule has 0 radical (unpaired) electrons. The van der Waals surface area contributed by atoms with E-state index in [9.17, 15) is 13.2 Å². The monoisotopic (exact) mass is 575 g/mol. The summed E-state index contributed by atoms with van der Waals surface area (Å²) in [6, 6.07) is 3.69. The van der Waals surface area contributed by atoms with Crippen LogP contribution in [0, 0.1) is 0 Å². The van der Waals surface area contributed by atoms with E-state index < -0.39 is 27.1 Å². The van der Waals surface area contributed by atoms with Gasteiger partial charge in [0, 0.05) is 24.3 Å². The average molecular weight is 576 g/mol. The maximum absolute atomic E-state index is 13.1. The van der Waals surface area contributed by atoms with Gasteiger partial charge in [0.1, 0.15) is 23.5 Å². The molecule has 1 saturated carbocycles. The third kappa shape index (κ3) is 6.95. The molecule has 0 aliphatic heterocycles. The number of amides is 1. The third-order valence-electron chi connectivity index (χ3n) is 7.20. The van der Waals surface area contributed by atoms with Crippen molar-refractivity contribution >= 4 is 27.6 Å². The number of carbonyl (C=O) groups excluding carboxylic acids is 1. The Bertz CT molecular complexity index is 1350. The molecule has 40 heavy (non-hydrogen) atoms. The quantitative estimate of drug-likeness (QED) is 0.421.